The van der Waals surface area contributed by atoms with Crippen molar-refractivity contribution in [1.82, 2.24) is 0 Å². The summed E-state index contributed by atoms with van der Waals surface area (Å²) < 4.78 is 23.8. The zero-order chi connectivity index (χ0) is 15.8. The van der Waals surface area contributed by atoms with Gasteiger partial charge in [0.2, 0.25) is 5.91 Å². The third kappa shape index (κ3) is 4.77. The van der Waals surface area contributed by atoms with Crippen LogP contribution in [0.5, 0.6) is 11.5 Å². The van der Waals surface area contributed by atoms with Crippen molar-refractivity contribution in [1.29, 1.82) is 0 Å². The first kappa shape index (κ1) is 15.8. The number of hydrogen-bond donors (Lipinski definition) is 1. The number of carbonyl (C=O) groups excluding carboxylic acids is 1. The first-order valence-electron chi connectivity index (χ1n) is 7.00. The van der Waals surface area contributed by atoms with Crippen LogP contribution in [0.25, 0.3) is 0 Å². The van der Waals surface area contributed by atoms with Crippen LogP contribution < -0.4 is 14.8 Å². The Morgan fingerprint density at radius 2 is 1.95 bits per heavy atom. The summed E-state index contributed by atoms with van der Waals surface area (Å²) in [6.45, 7) is 0.442. The number of benzene rings is 2. The van der Waals surface area contributed by atoms with Crippen LogP contribution >= 0.6 is 0 Å². The van der Waals surface area contributed by atoms with E-state index in [1.165, 1.54) is 25.3 Å². The topological polar surface area (TPSA) is 47.6 Å². The van der Waals surface area contributed by atoms with Crippen molar-refractivity contribution >= 4 is 11.6 Å². The zero-order valence-electron chi connectivity index (χ0n) is 12.3. The van der Waals surface area contributed by atoms with Gasteiger partial charge in [0.15, 0.2) is 0 Å². The molecule has 116 valence electrons. The Bertz CT molecular complexity index is 617. The molecule has 0 radical (unpaired) electrons. The maximum Gasteiger partial charge on any atom is 0.224 e. The number of anilines is 1. The minimum Gasteiger partial charge on any atom is -0.495 e. The monoisotopic (exact) mass is 303 g/mol. The summed E-state index contributed by atoms with van der Waals surface area (Å²) in [7, 11) is 1.47. The van der Waals surface area contributed by atoms with Crippen LogP contribution in [0.1, 0.15) is 12.8 Å². The first-order chi connectivity index (χ1) is 10.7. The second-order valence-corrected chi connectivity index (χ2v) is 4.66. The van der Waals surface area contributed by atoms with Crippen molar-refractivity contribution < 1.29 is 18.7 Å². The number of ether oxygens (including phenoxy) is 2. The van der Waals surface area contributed by atoms with E-state index >= 15 is 0 Å². The number of hydrogen-bond acceptors (Lipinski definition) is 3. The standard InChI is InChI=1S/C17H18FNO3/c1-21-16-10-9-13(18)12-15(16)19-17(20)8-5-11-22-14-6-3-2-4-7-14/h2-4,6-7,9-10,12H,5,8,11H2,1H3,(H,19,20). The summed E-state index contributed by atoms with van der Waals surface area (Å²) in [5.74, 6) is 0.564. The molecule has 1 N–H and O–H groups in total. The van der Waals surface area contributed by atoms with Crippen LogP contribution in [0.3, 0.4) is 0 Å². The van der Waals surface area contributed by atoms with Crippen LogP contribution in [0.2, 0.25) is 0 Å². The van der Waals surface area contributed by atoms with Gasteiger partial charge < -0.3 is 14.8 Å². The van der Waals surface area contributed by atoms with Crippen molar-refractivity contribution in [2.24, 2.45) is 0 Å². The molecule has 0 aliphatic heterocycles. The van der Waals surface area contributed by atoms with E-state index in [1.807, 2.05) is 30.3 Å². The molecule has 2 aromatic carbocycles. The number of amides is 1. The Hall–Kier alpha value is -2.56. The summed E-state index contributed by atoms with van der Waals surface area (Å²) >= 11 is 0. The molecule has 1 amide bonds. The molecule has 2 rings (SSSR count). The zero-order valence-corrected chi connectivity index (χ0v) is 12.3. The maximum atomic E-state index is 13.2. The molecule has 0 spiro atoms. The highest BCUT2D eigenvalue weighted by molar-refractivity contribution is 5.92. The molecular formula is C17H18FNO3. The van der Waals surface area contributed by atoms with Gasteiger partial charge in [0.1, 0.15) is 17.3 Å². The van der Waals surface area contributed by atoms with Gasteiger partial charge in [0.25, 0.3) is 0 Å². The summed E-state index contributed by atoms with van der Waals surface area (Å²) in [6.07, 6.45) is 0.852. The van der Waals surface area contributed by atoms with Gasteiger partial charge in [-0.3, -0.25) is 4.79 Å². The molecule has 0 saturated heterocycles. The Morgan fingerprint density at radius 3 is 2.68 bits per heavy atom. The Morgan fingerprint density at radius 1 is 1.18 bits per heavy atom. The van der Waals surface area contributed by atoms with Gasteiger partial charge in [0.05, 0.1) is 19.4 Å². The second kappa shape index (κ2) is 8.02. The molecule has 22 heavy (non-hydrogen) atoms. The summed E-state index contributed by atoms with van der Waals surface area (Å²) in [6, 6.07) is 13.4. The predicted octanol–water partition coefficient (Wildman–Crippen LogP) is 3.63. The second-order valence-electron chi connectivity index (χ2n) is 4.66. The van der Waals surface area contributed by atoms with Gasteiger partial charge in [-0.05, 0) is 30.7 Å². The van der Waals surface area contributed by atoms with Gasteiger partial charge in [0, 0.05) is 12.5 Å². The van der Waals surface area contributed by atoms with E-state index in [9.17, 15) is 9.18 Å². The summed E-state index contributed by atoms with van der Waals surface area (Å²) in [5, 5.41) is 2.64. The van der Waals surface area contributed by atoms with Crippen LogP contribution in [0.4, 0.5) is 10.1 Å². The van der Waals surface area contributed by atoms with Crippen molar-refractivity contribution in [3.05, 3.63) is 54.3 Å². The van der Waals surface area contributed by atoms with Crippen molar-refractivity contribution in [2.75, 3.05) is 19.0 Å². The third-order valence-electron chi connectivity index (χ3n) is 3.00. The van der Waals surface area contributed by atoms with E-state index < -0.39 is 5.82 Å². The molecule has 4 nitrogen and oxygen atoms in total. The van der Waals surface area contributed by atoms with Gasteiger partial charge in [-0.25, -0.2) is 4.39 Å². The van der Waals surface area contributed by atoms with Crippen LogP contribution in [-0.4, -0.2) is 19.6 Å². The Balaban J connectivity index is 1.77. The number of para-hydroxylation sites is 1. The van der Waals surface area contributed by atoms with Crippen molar-refractivity contribution in [3.63, 3.8) is 0 Å². The fourth-order valence-electron chi connectivity index (χ4n) is 1.93. The normalized spacial score (nSPS) is 10.1. The van der Waals surface area contributed by atoms with Gasteiger partial charge in [-0.15, -0.1) is 0 Å². The fraction of sp³-hybridized carbons (Fsp3) is 0.235. The highest BCUT2D eigenvalue weighted by atomic mass is 19.1. The average Bonchev–Trinajstić information content (AvgIpc) is 2.53. The smallest absolute Gasteiger partial charge is 0.224 e. The largest absolute Gasteiger partial charge is 0.495 e. The van der Waals surface area contributed by atoms with Gasteiger partial charge in [-0.2, -0.15) is 0 Å². The number of carbonyl (C=O) groups is 1. The maximum absolute atomic E-state index is 13.2. The lowest BCUT2D eigenvalue weighted by atomic mass is 10.2. The molecule has 0 atom stereocenters. The molecular weight excluding hydrogens is 285 g/mol. The van der Waals surface area contributed by atoms with E-state index in [-0.39, 0.29) is 12.3 Å². The van der Waals surface area contributed by atoms with Crippen LogP contribution in [0.15, 0.2) is 48.5 Å². The van der Waals surface area contributed by atoms with Gasteiger partial charge in [-0.1, -0.05) is 18.2 Å². The van der Waals surface area contributed by atoms with Crippen molar-refractivity contribution in [2.45, 2.75) is 12.8 Å². The van der Waals surface area contributed by atoms with Crippen LogP contribution in [0, 0.1) is 5.82 Å². The molecule has 0 aromatic heterocycles. The van der Waals surface area contributed by atoms with E-state index in [4.69, 9.17) is 9.47 Å². The Kier molecular flexibility index (Phi) is 5.77. The molecule has 0 heterocycles. The summed E-state index contributed by atoms with van der Waals surface area (Å²) in [5.41, 5.74) is 0.330. The SMILES string of the molecule is COc1ccc(F)cc1NC(=O)CCCOc1ccccc1. The molecule has 5 heteroatoms. The third-order valence-corrected chi connectivity index (χ3v) is 3.00. The lowest BCUT2D eigenvalue weighted by molar-refractivity contribution is -0.116. The van der Waals surface area contributed by atoms with E-state index in [0.29, 0.717) is 24.5 Å². The van der Waals surface area contributed by atoms with Crippen molar-refractivity contribution in [3.8, 4) is 11.5 Å². The fourth-order valence-corrected chi connectivity index (χ4v) is 1.93. The molecule has 0 unspecified atom stereocenters. The molecule has 0 aliphatic rings. The molecule has 2 aromatic rings. The lowest BCUT2D eigenvalue weighted by Gasteiger charge is -2.10. The van der Waals surface area contributed by atoms with E-state index in [1.54, 1.807) is 0 Å². The number of methoxy groups -OCH3 is 1. The number of halogens is 1. The molecule has 0 aliphatic carbocycles. The molecule has 0 bridgehead atoms. The van der Waals surface area contributed by atoms with E-state index in [2.05, 4.69) is 5.32 Å². The predicted molar refractivity (Wildman–Crippen MR) is 82.8 cm³/mol. The Labute approximate surface area is 128 Å². The highest BCUT2D eigenvalue weighted by Crippen LogP contribution is 2.25. The quantitative estimate of drug-likeness (QED) is 0.795. The number of nitrogens with one attached hydrogen (secondary N) is 1. The number of rotatable bonds is 7. The summed E-state index contributed by atoms with van der Waals surface area (Å²) in [4.78, 5) is 11.9. The lowest BCUT2D eigenvalue weighted by Crippen LogP contribution is -2.13. The van der Waals surface area contributed by atoms with E-state index in [0.717, 1.165) is 5.75 Å². The molecule has 0 fully saturated rings. The van der Waals surface area contributed by atoms with Crippen LogP contribution in [-0.2, 0) is 4.79 Å². The minimum atomic E-state index is -0.427. The highest BCUT2D eigenvalue weighted by Gasteiger charge is 2.08. The molecule has 0 saturated carbocycles. The first-order valence-corrected chi connectivity index (χ1v) is 7.00. The average molecular weight is 303 g/mol. The minimum absolute atomic E-state index is 0.208. The van der Waals surface area contributed by atoms with Gasteiger partial charge >= 0.3 is 0 Å².